The fraction of sp³-hybridized carbons (Fsp3) is 0.455. The number of carboxylic acid groups (broad SMARTS) is 1. The van der Waals surface area contributed by atoms with E-state index in [1.54, 1.807) is 31.8 Å². The van der Waals surface area contributed by atoms with E-state index < -0.39 is 18.1 Å². The van der Waals surface area contributed by atoms with Crippen molar-refractivity contribution in [3.8, 4) is 11.4 Å². The van der Waals surface area contributed by atoms with Crippen molar-refractivity contribution in [1.29, 1.82) is 0 Å². The van der Waals surface area contributed by atoms with Crippen LogP contribution in [0.3, 0.4) is 0 Å². The van der Waals surface area contributed by atoms with E-state index in [0.29, 0.717) is 11.4 Å². The Morgan fingerprint density at radius 1 is 1.42 bits per heavy atom. The molecule has 2 unspecified atom stereocenters. The summed E-state index contributed by atoms with van der Waals surface area (Å²) in [5.41, 5.74) is 0.756. The predicted molar refractivity (Wildman–Crippen MR) is 65.6 cm³/mol. The van der Waals surface area contributed by atoms with Crippen LogP contribution in [0.1, 0.15) is 30.4 Å². The molecule has 0 aliphatic carbocycles. The van der Waals surface area contributed by atoms with Crippen LogP contribution in [0.4, 0.5) is 0 Å². The molecule has 2 aromatic rings. The molecule has 2 heterocycles. The van der Waals surface area contributed by atoms with Gasteiger partial charge in [0.25, 0.3) is 0 Å². The maximum Gasteiger partial charge on any atom is 0.358 e. The van der Waals surface area contributed by atoms with Gasteiger partial charge in [-0.2, -0.15) is 0 Å². The number of aromatic nitrogens is 5. The Labute approximate surface area is 109 Å². The molecular weight excluding hydrogens is 250 g/mol. The summed E-state index contributed by atoms with van der Waals surface area (Å²) in [4.78, 5) is 15.2. The van der Waals surface area contributed by atoms with Crippen molar-refractivity contribution in [2.75, 3.05) is 0 Å². The first-order valence-electron chi connectivity index (χ1n) is 5.76. The normalized spacial score (nSPS) is 14.3. The molecule has 0 saturated carbocycles. The van der Waals surface area contributed by atoms with Crippen LogP contribution in [0.5, 0.6) is 0 Å². The average molecular weight is 265 g/mol. The lowest BCUT2D eigenvalue weighted by Crippen LogP contribution is -2.21. The molecule has 0 radical (unpaired) electrons. The highest BCUT2D eigenvalue weighted by molar-refractivity contribution is 5.92. The summed E-state index contributed by atoms with van der Waals surface area (Å²) in [7, 11) is 1.75. The summed E-state index contributed by atoms with van der Waals surface area (Å²) in [5, 5.41) is 26.4. The lowest BCUT2D eigenvalue weighted by molar-refractivity contribution is 0.0691. The second-order valence-electron chi connectivity index (χ2n) is 4.41. The first kappa shape index (κ1) is 13.2. The molecule has 8 heteroatoms. The highest BCUT2D eigenvalue weighted by Gasteiger charge is 2.26. The van der Waals surface area contributed by atoms with Crippen LogP contribution in [0.25, 0.3) is 11.4 Å². The third-order valence-corrected chi connectivity index (χ3v) is 3.04. The molecule has 102 valence electrons. The Morgan fingerprint density at radius 3 is 2.58 bits per heavy atom. The number of imidazole rings is 1. The topological polar surface area (TPSA) is 106 Å². The van der Waals surface area contributed by atoms with Gasteiger partial charge in [-0.1, -0.05) is 5.21 Å². The minimum atomic E-state index is -1.17. The number of carbonyl (C=O) groups is 1. The highest BCUT2D eigenvalue weighted by atomic mass is 16.4. The zero-order valence-electron chi connectivity index (χ0n) is 10.8. The second-order valence-corrected chi connectivity index (χ2v) is 4.41. The molecule has 0 fully saturated rings. The number of hydrogen-bond acceptors (Lipinski definition) is 5. The van der Waals surface area contributed by atoms with E-state index >= 15 is 0 Å². The van der Waals surface area contributed by atoms with Crippen LogP contribution in [-0.4, -0.2) is 46.8 Å². The maximum absolute atomic E-state index is 11.2. The van der Waals surface area contributed by atoms with Crippen molar-refractivity contribution in [3.63, 3.8) is 0 Å². The molecule has 0 aliphatic rings. The highest BCUT2D eigenvalue weighted by Crippen LogP contribution is 2.25. The molecule has 19 heavy (non-hydrogen) atoms. The Kier molecular flexibility index (Phi) is 3.34. The molecular formula is C11H15N5O3. The first-order valence-corrected chi connectivity index (χ1v) is 5.76. The minimum Gasteiger partial charge on any atom is -0.476 e. The van der Waals surface area contributed by atoms with Gasteiger partial charge in [-0.05, 0) is 13.8 Å². The standard InChI is InChI=1S/C11H15N5O3/c1-6(7(2)17)16-10(8-4-12-5-15(8)3)9(11(18)19)13-14-16/h4-7,17H,1-3H3,(H,18,19). The molecule has 0 aliphatic heterocycles. The monoisotopic (exact) mass is 265 g/mol. The zero-order valence-corrected chi connectivity index (χ0v) is 10.8. The van der Waals surface area contributed by atoms with E-state index in [-0.39, 0.29) is 5.69 Å². The summed E-state index contributed by atoms with van der Waals surface area (Å²) in [5.74, 6) is -1.17. The van der Waals surface area contributed by atoms with Crippen LogP contribution < -0.4 is 0 Å². The third kappa shape index (κ3) is 2.22. The third-order valence-electron chi connectivity index (χ3n) is 3.04. The first-order chi connectivity index (χ1) is 8.93. The van der Waals surface area contributed by atoms with Gasteiger partial charge in [-0.25, -0.2) is 14.5 Å². The van der Waals surface area contributed by atoms with Crippen LogP contribution in [0.2, 0.25) is 0 Å². The minimum absolute atomic E-state index is 0.156. The largest absolute Gasteiger partial charge is 0.476 e. The van der Waals surface area contributed by atoms with Gasteiger partial charge in [0.05, 0.1) is 30.4 Å². The number of hydrogen-bond donors (Lipinski definition) is 2. The molecule has 0 saturated heterocycles. The van der Waals surface area contributed by atoms with E-state index in [0.717, 1.165) is 0 Å². The van der Waals surface area contributed by atoms with Crippen molar-refractivity contribution in [2.45, 2.75) is 26.0 Å². The predicted octanol–water partition coefficient (Wildman–Crippen LogP) is 0.319. The van der Waals surface area contributed by atoms with Crippen molar-refractivity contribution in [1.82, 2.24) is 24.5 Å². The molecule has 2 rings (SSSR count). The van der Waals surface area contributed by atoms with Gasteiger partial charge in [-0.15, -0.1) is 5.10 Å². The fourth-order valence-electron chi connectivity index (χ4n) is 1.75. The Morgan fingerprint density at radius 2 is 2.11 bits per heavy atom. The van der Waals surface area contributed by atoms with Crippen molar-refractivity contribution in [3.05, 3.63) is 18.2 Å². The molecule has 0 amide bonds. The molecule has 8 nitrogen and oxygen atoms in total. The lowest BCUT2D eigenvalue weighted by atomic mass is 10.2. The molecule has 2 atom stereocenters. The Bertz CT molecular complexity index is 601. The van der Waals surface area contributed by atoms with Crippen LogP contribution in [0, 0.1) is 0 Å². The molecule has 2 N–H and O–H groups in total. The fourth-order valence-corrected chi connectivity index (χ4v) is 1.75. The van der Waals surface area contributed by atoms with E-state index in [2.05, 4.69) is 15.3 Å². The van der Waals surface area contributed by atoms with E-state index in [1.807, 2.05) is 0 Å². The summed E-state index contributed by atoms with van der Waals surface area (Å²) in [6.45, 7) is 3.35. The number of aliphatic hydroxyl groups excluding tert-OH is 1. The zero-order chi connectivity index (χ0) is 14.2. The van der Waals surface area contributed by atoms with Gasteiger partial charge in [-0.3, -0.25) is 0 Å². The van der Waals surface area contributed by atoms with E-state index in [1.165, 1.54) is 10.9 Å². The summed E-state index contributed by atoms with van der Waals surface area (Å²) < 4.78 is 3.08. The number of nitrogens with zero attached hydrogens (tertiary/aromatic N) is 5. The number of aryl methyl sites for hydroxylation is 1. The van der Waals surface area contributed by atoms with Crippen LogP contribution in [-0.2, 0) is 7.05 Å². The number of aromatic carboxylic acids is 1. The van der Waals surface area contributed by atoms with Crippen molar-refractivity contribution in [2.24, 2.45) is 7.05 Å². The van der Waals surface area contributed by atoms with Crippen molar-refractivity contribution < 1.29 is 15.0 Å². The smallest absolute Gasteiger partial charge is 0.358 e. The second kappa shape index (κ2) is 4.81. The van der Waals surface area contributed by atoms with Crippen LogP contribution >= 0.6 is 0 Å². The molecule has 0 aromatic carbocycles. The van der Waals surface area contributed by atoms with Gasteiger partial charge < -0.3 is 14.8 Å². The van der Waals surface area contributed by atoms with E-state index in [9.17, 15) is 15.0 Å². The quantitative estimate of drug-likeness (QED) is 0.824. The summed E-state index contributed by atoms with van der Waals surface area (Å²) >= 11 is 0. The average Bonchev–Trinajstić information content (AvgIpc) is 2.92. The number of aliphatic hydroxyl groups is 1. The Balaban J connectivity index is 2.64. The van der Waals surface area contributed by atoms with Gasteiger partial charge in [0.2, 0.25) is 0 Å². The van der Waals surface area contributed by atoms with Gasteiger partial charge in [0.1, 0.15) is 5.69 Å². The number of carboxylic acids is 1. The molecule has 0 spiro atoms. The van der Waals surface area contributed by atoms with Gasteiger partial charge in [0, 0.05) is 7.05 Å². The molecule has 0 bridgehead atoms. The van der Waals surface area contributed by atoms with E-state index in [4.69, 9.17) is 0 Å². The number of rotatable bonds is 4. The van der Waals surface area contributed by atoms with Gasteiger partial charge in [0.15, 0.2) is 5.69 Å². The SMILES string of the molecule is CC(O)C(C)n1nnc(C(=O)O)c1-c1cncn1C. The summed E-state index contributed by atoms with van der Waals surface area (Å²) in [6, 6.07) is -0.398. The van der Waals surface area contributed by atoms with Crippen LogP contribution in [0.15, 0.2) is 12.5 Å². The lowest BCUT2D eigenvalue weighted by Gasteiger charge is -2.17. The maximum atomic E-state index is 11.2. The molecule has 2 aromatic heterocycles. The van der Waals surface area contributed by atoms with Crippen molar-refractivity contribution >= 4 is 5.97 Å². The Hall–Kier alpha value is -2.22. The summed E-state index contributed by atoms with van der Waals surface area (Å²) in [6.07, 6.45) is 2.41. The van der Waals surface area contributed by atoms with Gasteiger partial charge >= 0.3 is 5.97 Å².